The van der Waals surface area contributed by atoms with Gasteiger partial charge in [0.05, 0.1) is 0 Å². The predicted molar refractivity (Wildman–Crippen MR) is 66.5 cm³/mol. The van der Waals surface area contributed by atoms with Crippen LogP contribution in [0.1, 0.15) is 51.8 Å². The number of nitrogens with one attached hydrogen (secondary N) is 1. The van der Waals surface area contributed by atoms with Crippen LogP contribution in [-0.4, -0.2) is 15.4 Å². The highest BCUT2D eigenvalue weighted by Crippen LogP contribution is 2.16. The third-order valence-corrected chi connectivity index (χ3v) is 3.14. The molecule has 86 valence electrons. The lowest BCUT2D eigenvalue weighted by Gasteiger charge is -2.16. The zero-order chi connectivity index (χ0) is 11.1. The molecule has 0 aliphatic heterocycles. The molecule has 1 unspecified atom stereocenters. The van der Waals surface area contributed by atoms with Crippen LogP contribution < -0.4 is 5.32 Å². The molecule has 0 bridgehead atoms. The average molecular weight is 227 g/mol. The summed E-state index contributed by atoms with van der Waals surface area (Å²) in [5, 5.41) is 4.45. The average Bonchev–Trinajstić information content (AvgIpc) is 2.61. The summed E-state index contributed by atoms with van der Waals surface area (Å²) in [6.45, 7) is 6.40. The maximum atomic E-state index is 4.34. The van der Waals surface area contributed by atoms with Crippen LogP contribution in [0.4, 0.5) is 5.13 Å². The summed E-state index contributed by atoms with van der Waals surface area (Å²) >= 11 is 1.46. The molecule has 0 amide bonds. The van der Waals surface area contributed by atoms with E-state index < -0.39 is 0 Å². The molecule has 1 aromatic heterocycles. The Bertz CT molecular complexity index is 273. The van der Waals surface area contributed by atoms with E-state index in [2.05, 4.69) is 28.5 Å². The molecule has 1 rings (SSSR count). The van der Waals surface area contributed by atoms with Crippen LogP contribution in [0.25, 0.3) is 0 Å². The molecule has 0 aromatic carbocycles. The second-order valence-electron chi connectivity index (χ2n) is 3.92. The van der Waals surface area contributed by atoms with E-state index in [-0.39, 0.29) is 0 Å². The van der Waals surface area contributed by atoms with Crippen molar-refractivity contribution in [3.8, 4) is 0 Å². The zero-order valence-electron chi connectivity index (χ0n) is 9.92. The monoisotopic (exact) mass is 227 g/mol. The lowest BCUT2D eigenvalue weighted by atomic mass is 10.1. The number of aryl methyl sites for hydroxylation is 1. The number of nitrogens with zero attached hydrogens (tertiary/aromatic N) is 2. The van der Waals surface area contributed by atoms with Crippen LogP contribution >= 0.6 is 11.5 Å². The molecule has 0 fully saturated rings. The van der Waals surface area contributed by atoms with E-state index in [9.17, 15) is 0 Å². The molecule has 0 radical (unpaired) electrons. The van der Waals surface area contributed by atoms with Gasteiger partial charge < -0.3 is 5.32 Å². The minimum absolute atomic E-state index is 0.572. The Kier molecular flexibility index (Phi) is 5.61. The highest BCUT2D eigenvalue weighted by molar-refractivity contribution is 7.09. The summed E-state index contributed by atoms with van der Waals surface area (Å²) in [5.74, 6) is 0.869. The fourth-order valence-corrected chi connectivity index (χ4v) is 2.27. The van der Waals surface area contributed by atoms with Crippen molar-refractivity contribution < 1.29 is 0 Å². The molecule has 0 aliphatic carbocycles. The van der Waals surface area contributed by atoms with Crippen molar-refractivity contribution >= 4 is 16.7 Å². The van der Waals surface area contributed by atoms with Gasteiger partial charge in [0.2, 0.25) is 5.13 Å². The standard InChI is InChI=1S/C11H21N3S/c1-4-6-8-10(7-5-2)13-11-12-9(3)14-15-11/h10H,4-8H2,1-3H3,(H,12,13,14). The lowest BCUT2D eigenvalue weighted by molar-refractivity contribution is 0.564. The smallest absolute Gasteiger partial charge is 0.202 e. The Morgan fingerprint density at radius 1 is 1.27 bits per heavy atom. The molecule has 0 aliphatic rings. The normalized spacial score (nSPS) is 12.7. The largest absolute Gasteiger partial charge is 0.358 e. The number of aromatic nitrogens is 2. The first-order valence-electron chi connectivity index (χ1n) is 5.83. The summed E-state index contributed by atoms with van der Waals surface area (Å²) in [6, 6.07) is 0.572. The highest BCUT2D eigenvalue weighted by atomic mass is 32.1. The van der Waals surface area contributed by atoms with Gasteiger partial charge in [0.1, 0.15) is 5.82 Å². The third kappa shape index (κ3) is 4.60. The molecular weight excluding hydrogens is 206 g/mol. The molecule has 1 N–H and O–H groups in total. The molecule has 0 spiro atoms. The van der Waals surface area contributed by atoms with E-state index in [1.165, 1.54) is 43.6 Å². The van der Waals surface area contributed by atoms with E-state index in [0.29, 0.717) is 6.04 Å². The minimum Gasteiger partial charge on any atom is -0.358 e. The van der Waals surface area contributed by atoms with Gasteiger partial charge in [0.25, 0.3) is 0 Å². The number of hydrogen-bond acceptors (Lipinski definition) is 4. The summed E-state index contributed by atoms with van der Waals surface area (Å²) in [4.78, 5) is 4.34. The quantitative estimate of drug-likeness (QED) is 0.773. The van der Waals surface area contributed by atoms with Gasteiger partial charge in [-0.15, -0.1) is 0 Å². The number of rotatable bonds is 7. The summed E-state index contributed by atoms with van der Waals surface area (Å²) in [7, 11) is 0. The first-order chi connectivity index (χ1) is 7.26. The van der Waals surface area contributed by atoms with Crippen molar-refractivity contribution in [2.45, 2.75) is 58.9 Å². The van der Waals surface area contributed by atoms with Crippen molar-refractivity contribution in [2.24, 2.45) is 0 Å². The lowest BCUT2D eigenvalue weighted by Crippen LogP contribution is -2.18. The first-order valence-corrected chi connectivity index (χ1v) is 6.60. The van der Waals surface area contributed by atoms with Gasteiger partial charge >= 0.3 is 0 Å². The van der Waals surface area contributed by atoms with Crippen molar-refractivity contribution in [1.82, 2.24) is 9.36 Å². The van der Waals surface area contributed by atoms with Crippen LogP contribution in [0.5, 0.6) is 0 Å². The van der Waals surface area contributed by atoms with Crippen molar-refractivity contribution in [3.63, 3.8) is 0 Å². The first kappa shape index (κ1) is 12.4. The van der Waals surface area contributed by atoms with Gasteiger partial charge in [-0.05, 0) is 19.8 Å². The second-order valence-corrected chi connectivity index (χ2v) is 4.67. The number of hydrogen-bond donors (Lipinski definition) is 1. The molecule has 3 nitrogen and oxygen atoms in total. The van der Waals surface area contributed by atoms with Gasteiger partial charge in [-0.25, -0.2) is 4.98 Å². The van der Waals surface area contributed by atoms with E-state index in [1.54, 1.807) is 0 Å². The summed E-state index contributed by atoms with van der Waals surface area (Å²) < 4.78 is 4.18. The second kappa shape index (κ2) is 6.77. The Labute approximate surface area is 96.5 Å². The molecule has 1 aromatic rings. The fourth-order valence-electron chi connectivity index (χ4n) is 1.62. The molecule has 0 saturated heterocycles. The Morgan fingerprint density at radius 2 is 2.07 bits per heavy atom. The molecule has 0 saturated carbocycles. The van der Waals surface area contributed by atoms with E-state index in [4.69, 9.17) is 0 Å². The highest BCUT2D eigenvalue weighted by Gasteiger charge is 2.09. The molecule has 15 heavy (non-hydrogen) atoms. The summed E-state index contributed by atoms with van der Waals surface area (Å²) in [6.07, 6.45) is 6.23. The topological polar surface area (TPSA) is 37.8 Å². The van der Waals surface area contributed by atoms with Crippen molar-refractivity contribution in [1.29, 1.82) is 0 Å². The van der Waals surface area contributed by atoms with Gasteiger partial charge in [-0.2, -0.15) is 4.37 Å². The summed E-state index contributed by atoms with van der Waals surface area (Å²) in [5.41, 5.74) is 0. The SMILES string of the molecule is CCCCC(CCC)Nc1nc(C)ns1. The van der Waals surface area contributed by atoms with Gasteiger partial charge in [0, 0.05) is 17.6 Å². The molecule has 4 heteroatoms. The van der Waals surface area contributed by atoms with Crippen LogP contribution in [0, 0.1) is 6.92 Å². The van der Waals surface area contributed by atoms with Gasteiger partial charge in [-0.3, -0.25) is 0 Å². The van der Waals surface area contributed by atoms with E-state index in [0.717, 1.165) is 11.0 Å². The Balaban J connectivity index is 2.42. The van der Waals surface area contributed by atoms with E-state index in [1.807, 2.05) is 6.92 Å². The third-order valence-electron chi connectivity index (χ3n) is 2.40. The maximum Gasteiger partial charge on any atom is 0.202 e. The Hall–Kier alpha value is -0.640. The van der Waals surface area contributed by atoms with Crippen LogP contribution in [0.2, 0.25) is 0 Å². The fraction of sp³-hybridized carbons (Fsp3) is 0.818. The molecule has 1 atom stereocenters. The van der Waals surface area contributed by atoms with Crippen LogP contribution in [0.15, 0.2) is 0 Å². The Morgan fingerprint density at radius 3 is 2.60 bits per heavy atom. The van der Waals surface area contributed by atoms with Gasteiger partial charge in [-0.1, -0.05) is 33.1 Å². The number of anilines is 1. The van der Waals surface area contributed by atoms with Gasteiger partial charge in [0.15, 0.2) is 0 Å². The van der Waals surface area contributed by atoms with Crippen LogP contribution in [0.3, 0.4) is 0 Å². The predicted octanol–water partition coefficient (Wildman–Crippen LogP) is 3.62. The number of unbranched alkanes of at least 4 members (excludes halogenated alkanes) is 1. The van der Waals surface area contributed by atoms with E-state index >= 15 is 0 Å². The maximum absolute atomic E-state index is 4.34. The zero-order valence-corrected chi connectivity index (χ0v) is 10.7. The van der Waals surface area contributed by atoms with Crippen molar-refractivity contribution in [2.75, 3.05) is 5.32 Å². The molecule has 1 heterocycles. The minimum atomic E-state index is 0.572. The van der Waals surface area contributed by atoms with Crippen molar-refractivity contribution in [3.05, 3.63) is 5.82 Å². The molecular formula is C11H21N3S. The van der Waals surface area contributed by atoms with Crippen LogP contribution in [-0.2, 0) is 0 Å².